The Morgan fingerprint density at radius 3 is 2.91 bits per heavy atom. The fourth-order valence-corrected chi connectivity index (χ4v) is 5.05. The number of fused-ring (bicyclic) bond motifs is 3. The first-order valence-corrected chi connectivity index (χ1v) is 11.1. The van der Waals surface area contributed by atoms with E-state index in [1.54, 1.807) is 29.5 Å². The van der Waals surface area contributed by atoms with Crippen molar-refractivity contribution in [2.75, 3.05) is 5.32 Å². The van der Waals surface area contributed by atoms with Gasteiger partial charge in [-0.2, -0.15) is 9.61 Å². The summed E-state index contributed by atoms with van der Waals surface area (Å²) >= 11 is 0. The van der Waals surface area contributed by atoms with Gasteiger partial charge in [-0.15, -0.1) is 0 Å². The molecule has 0 amide bonds. The maximum Gasteiger partial charge on any atom is 0.250 e. The predicted octanol–water partition coefficient (Wildman–Crippen LogP) is 4.38. The van der Waals surface area contributed by atoms with E-state index in [4.69, 9.17) is 4.98 Å². The molecule has 0 bridgehead atoms. The highest BCUT2D eigenvalue weighted by molar-refractivity contribution is 5.78. The molecule has 3 heterocycles. The lowest BCUT2D eigenvalue weighted by Crippen LogP contribution is -2.24. The van der Waals surface area contributed by atoms with Gasteiger partial charge in [0.2, 0.25) is 0 Å². The molecule has 1 unspecified atom stereocenters. The van der Waals surface area contributed by atoms with Gasteiger partial charge in [0, 0.05) is 42.5 Å². The molecule has 0 radical (unpaired) electrons. The van der Waals surface area contributed by atoms with Crippen LogP contribution in [0.1, 0.15) is 36.0 Å². The molecule has 0 saturated heterocycles. The largest absolute Gasteiger partial charge is 0.367 e. The van der Waals surface area contributed by atoms with Crippen molar-refractivity contribution < 1.29 is 0 Å². The molecule has 3 aromatic heterocycles. The van der Waals surface area contributed by atoms with Crippen molar-refractivity contribution >= 4 is 17.0 Å². The van der Waals surface area contributed by atoms with Crippen LogP contribution in [0.5, 0.6) is 0 Å². The predicted molar refractivity (Wildman–Crippen MR) is 127 cm³/mol. The lowest BCUT2D eigenvalue weighted by atomic mass is 9.88. The average Bonchev–Trinajstić information content (AvgIpc) is 3.36. The smallest absolute Gasteiger partial charge is 0.250 e. The minimum absolute atomic E-state index is 0.0458. The van der Waals surface area contributed by atoms with E-state index in [1.807, 2.05) is 29.8 Å². The van der Waals surface area contributed by atoms with Crippen molar-refractivity contribution in [3.63, 3.8) is 0 Å². The first kappa shape index (κ1) is 19.0. The molecular weight excluding hydrogens is 398 g/mol. The standard InChI is InChI=1S/C26H25N5O/c1-16-15-27-31-24(14-23(29-26(16)31)19-9-10-30(2)25(32)12-19)28-20-8-7-18-11-17-5-3-4-6-21(17)22(18)13-20/h3-6,9-10,12,14-15,20,28H,7-8,11,13H2,1-2H3. The van der Waals surface area contributed by atoms with E-state index in [0.717, 1.165) is 54.0 Å². The van der Waals surface area contributed by atoms with Gasteiger partial charge in [-0.1, -0.05) is 29.8 Å². The summed E-state index contributed by atoms with van der Waals surface area (Å²) in [6.07, 6.45) is 7.96. The number of aryl methyl sites for hydroxylation is 2. The molecule has 2 aliphatic carbocycles. The minimum atomic E-state index is -0.0458. The molecule has 160 valence electrons. The van der Waals surface area contributed by atoms with Gasteiger partial charge in [0.05, 0.1) is 11.9 Å². The van der Waals surface area contributed by atoms with Crippen LogP contribution in [-0.4, -0.2) is 25.2 Å². The lowest BCUT2D eigenvalue weighted by molar-refractivity contribution is 0.629. The van der Waals surface area contributed by atoms with Crippen molar-refractivity contribution in [2.24, 2.45) is 7.05 Å². The highest BCUT2D eigenvalue weighted by Crippen LogP contribution is 2.42. The molecule has 0 fully saturated rings. The Labute approximate surface area is 186 Å². The molecule has 1 N–H and O–H groups in total. The van der Waals surface area contributed by atoms with E-state index in [1.165, 1.54) is 16.7 Å². The van der Waals surface area contributed by atoms with Gasteiger partial charge in [-0.3, -0.25) is 4.79 Å². The molecule has 32 heavy (non-hydrogen) atoms. The Hall–Kier alpha value is -3.67. The minimum Gasteiger partial charge on any atom is -0.367 e. The van der Waals surface area contributed by atoms with Crippen molar-refractivity contribution in [3.05, 3.63) is 87.5 Å². The first-order chi connectivity index (χ1) is 15.6. The Morgan fingerprint density at radius 1 is 1.16 bits per heavy atom. The number of nitrogens with zero attached hydrogens (tertiary/aromatic N) is 4. The van der Waals surface area contributed by atoms with Gasteiger partial charge < -0.3 is 9.88 Å². The monoisotopic (exact) mass is 423 g/mol. The van der Waals surface area contributed by atoms with Gasteiger partial charge in [0.1, 0.15) is 5.82 Å². The van der Waals surface area contributed by atoms with Crippen LogP contribution in [-0.2, 0) is 13.5 Å². The topological polar surface area (TPSA) is 64.2 Å². The summed E-state index contributed by atoms with van der Waals surface area (Å²) in [5, 5.41) is 8.33. The van der Waals surface area contributed by atoms with E-state index in [2.05, 4.69) is 34.7 Å². The van der Waals surface area contributed by atoms with Crippen LogP contribution < -0.4 is 10.9 Å². The van der Waals surface area contributed by atoms with Crippen LogP contribution in [0.25, 0.3) is 22.5 Å². The first-order valence-electron chi connectivity index (χ1n) is 11.1. The third-order valence-electron chi connectivity index (χ3n) is 6.82. The average molecular weight is 424 g/mol. The van der Waals surface area contributed by atoms with Crippen LogP contribution in [0.4, 0.5) is 5.82 Å². The molecule has 6 heteroatoms. The van der Waals surface area contributed by atoms with E-state index in [0.29, 0.717) is 6.04 Å². The van der Waals surface area contributed by atoms with Crippen molar-refractivity contribution in [3.8, 4) is 11.3 Å². The number of nitrogens with one attached hydrogen (secondary N) is 1. The van der Waals surface area contributed by atoms with E-state index in [-0.39, 0.29) is 5.56 Å². The van der Waals surface area contributed by atoms with Crippen LogP contribution in [0.3, 0.4) is 0 Å². The van der Waals surface area contributed by atoms with Gasteiger partial charge in [-0.05, 0) is 55.4 Å². The summed E-state index contributed by atoms with van der Waals surface area (Å²) in [7, 11) is 1.75. The van der Waals surface area contributed by atoms with Gasteiger partial charge in [0.25, 0.3) is 5.56 Å². The summed E-state index contributed by atoms with van der Waals surface area (Å²) < 4.78 is 3.45. The number of benzene rings is 1. The Kier molecular flexibility index (Phi) is 4.28. The van der Waals surface area contributed by atoms with Crippen molar-refractivity contribution in [2.45, 2.75) is 38.6 Å². The van der Waals surface area contributed by atoms with Crippen LogP contribution in [0, 0.1) is 6.92 Å². The van der Waals surface area contributed by atoms with Gasteiger partial charge in [-0.25, -0.2) is 4.98 Å². The maximum atomic E-state index is 12.2. The Morgan fingerprint density at radius 2 is 2.03 bits per heavy atom. The molecule has 0 saturated carbocycles. The molecule has 1 atom stereocenters. The highest BCUT2D eigenvalue weighted by Gasteiger charge is 2.28. The number of aromatic nitrogens is 4. The maximum absolute atomic E-state index is 12.2. The van der Waals surface area contributed by atoms with E-state index >= 15 is 0 Å². The summed E-state index contributed by atoms with van der Waals surface area (Å²) in [5.74, 6) is 0.916. The zero-order valence-corrected chi connectivity index (χ0v) is 18.3. The van der Waals surface area contributed by atoms with Crippen LogP contribution in [0.2, 0.25) is 0 Å². The zero-order chi connectivity index (χ0) is 21.8. The summed E-state index contributed by atoms with van der Waals surface area (Å²) in [6, 6.07) is 14.7. The molecule has 0 aliphatic heterocycles. The van der Waals surface area contributed by atoms with Crippen molar-refractivity contribution in [1.82, 2.24) is 19.2 Å². The Balaban J connectivity index is 1.37. The molecule has 6 rings (SSSR count). The van der Waals surface area contributed by atoms with Gasteiger partial charge >= 0.3 is 0 Å². The van der Waals surface area contributed by atoms with E-state index in [9.17, 15) is 4.79 Å². The summed E-state index contributed by atoms with van der Waals surface area (Å²) in [5.41, 5.74) is 9.36. The lowest BCUT2D eigenvalue weighted by Gasteiger charge is -2.26. The molecule has 0 spiro atoms. The molecule has 4 aromatic rings. The summed E-state index contributed by atoms with van der Waals surface area (Å²) in [6.45, 7) is 2.01. The quantitative estimate of drug-likeness (QED) is 0.531. The SMILES string of the molecule is Cc1cnn2c(NC3CCC4=C(C3)c3ccccc3C4)cc(-c3ccn(C)c(=O)c3)nc12. The second-order valence-electron chi connectivity index (χ2n) is 8.95. The zero-order valence-electron chi connectivity index (χ0n) is 18.3. The third kappa shape index (κ3) is 3.06. The molecule has 6 nitrogen and oxygen atoms in total. The van der Waals surface area contributed by atoms with Crippen molar-refractivity contribution in [1.29, 1.82) is 0 Å². The number of allylic oxidation sites excluding steroid dienone is 1. The van der Waals surface area contributed by atoms with Gasteiger partial charge in [0.15, 0.2) is 5.65 Å². The normalized spacial score (nSPS) is 17.5. The fourth-order valence-electron chi connectivity index (χ4n) is 5.05. The molecular formula is C26H25N5O. The highest BCUT2D eigenvalue weighted by atomic mass is 16.1. The number of hydrogen-bond donors (Lipinski definition) is 1. The number of rotatable bonds is 3. The second kappa shape index (κ2) is 7.19. The second-order valence-corrected chi connectivity index (χ2v) is 8.95. The molecule has 1 aromatic carbocycles. The van der Waals surface area contributed by atoms with Crippen LogP contribution >= 0.6 is 0 Å². The fraction of sp³-hybridized carbons (Fsp3) is 0.269. The number of anilines is 1. The number of pyridine rings is 1. The number of hydrogen-bond acceptors (Lipinski definition) is 4. The Bertz CT molecular complexity index is 1460. The third-order valence-corrected chi connectivity index (χ3v) is 6.82. The van der Waals surface area contributed by atoms with Crippen LogP contribution in [0.15, 0.2) is 65.2 Å². The summed E-state index contributed by atoms with van der Waals surface area (Å²) in [4.78, 5) is 17.0. The molecule has 2 aliphatic rings. The van der Waals surface area contributed by atoms with E-state index < -0.39 is 0 Å².